The second-order valence-electron chi connectivity index (χ2n) is 8.10. The third-order valence-corrected chi connectivity index (χ3v) is 5.73. The molecule has 4 rings (SSSR count). The van der Waals surface area contributed by atoms with Crippen molar-refractivity contribution in [1.82, 2.24) is 14.7 Å². The van der Waals surface area contributed by atoms with Gasteiger partial charge in [-0.25, -0.2) is 9.78 Å². The van der Waals surface area contributed by atoms with Crippen molar-refractivity contribution in [3.05, 3.63) is 76.2 Å². The van der Waals surface area contributed by atoms with Gasteiger partial charge in [0.1, 0.15) is 5.82 Å². The molecule has 32 heavy (non-hydrogen) atoms. The minimum Gasteiger partial charge on any atom is -0.389 e. The van der Waals surface area contributed by atoms with Crippen LogP contribution >= 0.6 is 0 Å². The van der Waals surface area contributed by atoms with E-state index < -0.39 is 5.76 Å². The number of aromatic nitrogens is 3. The van der Waals surface area contributed by atoms with Gasteiger partial charge in [0.05, 0.1) is 5.69 Å². The third kappa shape index (κ3) is 5.84. The summed E-state index contributed by atoms with van der Waals surface area (Å²) in [6.07, 6.45) is 8.00. The van der Waals surface area contributed by atoms with Crippen LogP contribution in [0.3, 0.4) is 0 Å². The van der Waals surface area contributed by atoms with E-state index in [1.165, 1.54) is 43.3 Å². The molecule has 0 radical (unpaired) electrons. The zero-order valence-electron chi connectivity index (χ0n) is 18.4. The number of nitrogens with zero attached hydrogens (tertiary/aromatic N) is 4. The maximum Gasteiger partial charge on any atom is 0.460 e. The average Bonchev–Trinajstić information content (AvgIpc) is 3.16. The van der Waals surface area contributed by atoms with Gasteiger partial charge in [-0.15, -0.1) is 0 Å². The van der Waals surface area contributed by atoms with Crippen LogP contribution in [-0.2, 0) is 18.5 Å². The molecule has 0 unspecified atom stereocenters. The monoisotopic (exact) mass is 435 g/mol. The molecule has 2 aromatic heterocycles. The first-order chi connectivity index (χ1) is 15.7. The van der Waals surface area contributed by atoms with Gasteiger partial charge in [-0.1, -0.05) is 73.7 Å². The standard InChI is InChI=1S/C24H29N5O3/c1-29-23(27-24(30)32-29)22(19-11-6-3-7-12-19)28-31-17-20-13-8-14-21(26-20)25-16-15-18-9-4-2-5-10-18/h3,6-8,11-14,18H,2,4-5,9-10,15-17H2,1H3,(H,25,26)/b28-22+. The second-order valence-corrected chi connectivity index (χ2v) is 8.10. The predicted molar refractivity (Wildman–Crippen MR) is 123 cm³/mol. The minimum absolute atomic E-state index is 0.195. The molecule has 0 saturated heterocycles. The Hall–Kier alpha value is -3.42. The van der Waals surface area contributed by atoms with E-state index in [2.05, 4.69) is 20.4 Å². The van der Waals surface area contributed by atoms with Crippen LogP contribution in [0.4, 0.5) is 5.82 Å². The lowest BCUT2D eigenvalue weighted by Gasteiger charge is -2.21. The van der Waals surface area contributed by atoms with Gasteiger partial charge in [0.25, 0.3) is 0 Å². The van der Waals surface area contributed by atoms with Crippen LogP contribution in [0.1, 0.15) is 55.6 Å². The normalized spacial score (nSPS) is 15.0. The molecule has 1 saturated carbocycles. The van der Waals surface area contributed by atoms with E-state index in [4.69, 9.17) is 9.36 Å². The molecule has 1 fully saturated rings. The van der Waals surface area contributed by atoms with Gasteiger partial charge in [0.15, 0.2) is 18.1 Å². The van der Waals surface area contributed by atoms with E-state index in [1.807, 2.05) is 48.5 Å². The summed E-state index contributed by atoms with van der Waals surface area (Å²) in [5.74, 6) is 1.29. The first-order valence-electron chi connectivity index (χ1n) is 11.2. The van der Waals surface area contributed by atoms with Crippen LogP contribution < -0.4 is 11.1 Å². The molecular weight excluding hydrogens is 406 g/mol. The minimum atomic E-state index is -0.681. The van der Waals surface area contributed by atoms with Crippen LogP contribution in [0, 0.1) is 5.92 Å². The van der Waals surface area contributed by atoms with Gasteiger partial charge in [-0.3, -0.25) is 0 Å². The zero-order valence-corrected chi connectivity index (χ0v) is 18.4. The molecular formula is C24H29N5O3. The molecule has 1 N–H and O–H groups in total. The summed E-state index contributed by atoms with van der Waals surface area (Å²) in [4.78, 5) is 25.7. The molecule has 1 aliphatic carbocycles. The van der Waals surface area contributed by atoms with Crippen LogP contribution in [0.25, 0.3) is 0 Å². The van der Waals surface area contributed by atoms with Crippen molar-refractivity contribution < 1.29 is 9.36 Å². The molecule has 8 nitrogen and oxygen atoms in total. The molecule has 1 aromatic carbocycles. The van der Waals surface area contributed by atoms with Gasteiger partial charge in [-0.05, 0) is 24.5 Å². The van der Waals surface area contributed by atoms with Gasteiger partial charge in [-0.2, -0.15) is 9.72 Å². The number of benzene rings is 1. The Kier molecular flexibility index (Phi) is 7.32. The van der Waals surface area contributed by atoms with E-state index in [1.54, 1.807) is 7.05 Å². The molecule has 1 aliphatic rings. The Morgan fingerprint density at radius 1 is 1.12 bits per heavy atom. The van der Waals surface area contributed by atoms with Crippen molar-refractivity contribution in [3.8, 4) is 0 Å². The van der Waals surface area contributed by atoms with Crippen molar-refractivity contribution in [1.29, 1.82) is 0 Å². The number of hydrogen-bond donors (Lipinski definition) is 1. The van der Waals surface area contributed by atoms with Crippen molar-refractivity contribution in [2.75, 3.05) is 11.9 Å². The molecule has 0 spiro atoms. The fourth-order valence-electron chi connectivity index (χ4n) is 4.06. The third-order valence-electron chi connectivity index (χ3n) is 5.73. The molecule has 0 amide bonds. The quantitative estimate of drug-likeness (QED) is 0.401. The van der Waals surface area contributed by atoms with E-state index in [-0.39, 0.29) is 6.61 Å². The molecule has 3 aromatic rings. The van der Waals surface area contributed by atoms with Crippen LogP contribution in [0.5, 0.6) is 0 Å². The van der Waals surface area contributed by atoms with Crippen molar-refractivity contribution in [2.45, 2.75) is 45.1 Å². The Morgan fingerprint density at radius 3 is 2.69 bits per heavy atom. The lowest BCUT2D eigenvalue weighted by Crippen LogP contribution is -2.13. The topological polar surface area (TPSA) is 94.5 Å². The Morgan fingerprint density at radius 2 is 1.94 bits per heavy atom. The summed E-state index contributed by atoms with van der Waals surface area (Å²) in [5, 5.41) is 7.69. The van der Waals surface area contributed by atoms with Crippen molar-refractivity contribution >= 4 is 11.5 Å². The van der Waals surface area contributed by atoms with Gasteiger partial charge in [0.2, 0.25) is 0 Å². The Labute approximate surface area is 187 Å². The average molecular weight is 436 g/mol. The largest absolute Gasteiger partial charge is 0.460 e. The number of aryl methyl sites for hydroxylation is 1. The van der Waals surface area contributed by atoms with E-state index in [0.29, 0.717) is 11.5 Å². The highest BCUT2D eigenvalue weighted by Gasteiger charge is 2.16. The SMILES string of the molecule is Cn1oc(=O)nc1/C(=N/OCc1cccc(NCCC2CCCCC2)n1)c1ccccc1. The molecule has 2 heterocycles. The van der Waals surface area contributed by atoms with Gasteiger partial charge in [0, 0.05) is 19.2 Å². The van der Waals surface area contributed by atoms with Gasteiger partial charge < -0.3 is 14.7 Å². The fraction of sp³-hybridized carbons (Fsp3) is 0.417. The van der Waals surface area contributed by atoms with E-state index in [9.17, 15) is 4.79 Å². The van der Waals surface area contributed by atoms with Crippen LogP contribution in [0.2, 0.25) is 0 Å². The van der Waals surface area contributed by atoms with E-state index in [0.717, 1.165) is 29.5 Å². The smallest absolute Gasteiger partial charge is 0.389 e. The lowest BCUT2D eigenvalue weighted by molar-refractivity contribution is 0.128. The summed E-state index contributed by atoms with van der Waals surface area (Å²) >= 11 is 0. The number of oxime groups is 1. The first kappa shape index (κ1) is 21.8. The second kappa shape index (κ2) is 10.7. The Balaban J connectivity index is 1.39. The molecule has 8 heteroatoms. The zero-order chi connectivity index (χ0) is 22.2. The summed E-state index contributed by atoms with van der Waals surface area (Å²) in [5.41, 5.74) is 1.95. The molecule has 0 atom stereocenters. The van der Waals surface area contributed by atoms with Crippen LogP contribution in [-0.4, -0.2) is 27.0 Å². The number of pyridine rings is 1. The summed E-state index contributed by atoms with van der Waals surface area (Å²) in [6.45, 7) is 1.12. The van der Waals surface area contributed by atoms with Crippen LogP contribution in [0.15, 0.2) is 63.0 Å². The maximum atomic E-state index is 11.6. The Bertz CT molecular complexity index is 1080. The van der Waals surface area contributed by atoms with Crippen molar-refractivity contribution in [2.24, 2.45) is 18.1 Å². The summed E-state index contributed by atoms with van der Waals surface area (Å²) in [7, 11) is 1.60. The number of hydrogen-bond acceptors (Lipinski definition) is 7. The first-order valence-corrected chi connectivity index (χ1v) is 11.2. The highest BCUT2D eigenvalue weighted by molar-refractivity contribution is 6.10. The predicted octanol–water partition coefficient (Wildman–Crippen LogP) is 4.12. The lowest BCUT2D eigenvalue weighted by atomic mass is 9.87. The molecule has 0 aliphatic heterocycles. The molecule has 168 valence electrons. The number of rotatable bonds is 9. The van der Waals surface area contributed by atoms with Gasteiger partial charge >= 0.3 is 5.76 Å². The highest BCUT2D eigenvalue weighted by Crippen LogP contribution is 2.26. The van der Waals surface area contributed by atoms with E-state index >= 15 is 0 Å². The van der Waals surface area contributed by atoms with Crippen molar-refractivity contribution in [3.63, 3.8) is 0 Å². The number of nitrogens with one attached hydrogen (secondary N) is 1. The number of anilines is 1. The summed E-state index contributed by atoms with van der Waals surface area (Å²) in [6, 6.07) is 15.2. The highest BCUT2D eigenvalue weighted by atomic mass is 16.6. The summed E-state index contributed by atoms with van der Waals surface area (Å²) < 4.78 is 6.26. The molecule has 0 bridgehead atoms. The maximum absolute atomic E-state index is 11.6. The fourth-order valence-corrected chi connectivity index (χ4v) is 4.06.